The van der Waals surface area contributed by atoms with Gasteiger partial charge in [-0.3, -0.25) is 4.79 Å². The van der Waals surface area contributed by atoms with Crippen molar-refractivity contribution in [3.05, 3.63) is 20.8 Å². The number of likely N-dealkylation sites (N-methyl/N-ethyl adjacent to an activating group) is 1. The zero-order valence-corrected chi connectivity index (χ0v) is 12.1. The lowest BCUT2D eigenvalue weighted by Crippen LogP contribution is -2.44. The van der Waals surface area contributed by atoms with Gasteiger partial charge in [-0.2, -0.15) is 0 Å². The van der Waals surface area contributed by atoms with E-state index in [1.165, 1.54) is 0 Å². The maximum Gasteiger partial charge on any atom is 0.239 e. The number of carbonyl (C=O) groups excluding carboxylic acids is 1. The summed E-state index contributed by atoms with van der Waals surface area (Å²) in [7, 11) is 1.79. The Labute approximate surface area is 109 Å². The lowest BCUT2D eigenvalue weighted by molar-refractivity contribution is -0.132. The van der Waals surface area contributed by atoms with E-state index in [9.17, 15) is 4.79 Å². The number of rotatable bonds is 4. The number of hydrogen-bond donors (Lipinski definition) is 1. The van der Waals surface area contributed by atoms with Crippen molar-refractivity contribution < 1.29 is 4.79 Å². The number of hydrogen-bond acceptors (Lipinski definition) is 3. The Hall–Kier alpha value is -0.390. The average molecular weight is 305 g/mol. The van der Waals surface area contributed by atoms with E-state index in [0.29, 0.717) is 6.54 Å². The minimum atomic E-state index is -0.409. The van der Waals surface area contributed by atoms with Gasteiger partial charge in [0.15, 0.2) is 0 Å². The SMILES string of the molecule is CC(C)C(N)C(=O)N(C)Cc1cc(Br)cs1. The van der Waals surface area contributed by atoms with Gasteiger partial charge in [-0.25, -0.2) is 0 Å². The molecule has 1 aromatic heterocycles. The maximum absolute atomic E-state index is 11.9. The maximum atomic E-state index is 11.9. The van der Waals surface area contributed by atoms with Gasteiger partial charge in [0.05, 0.1) is 12.6 Å². The van der Waals surface area contributed by atoms with Crippen LogP contribution in [0.3, 0.4) is 0 Å². The molecule has 0 aliphatic rings. The fourth-order valence-corrected chi connectivity index (χ4v) is 2.79. The van der Waals surface area contributed by atoms with Crippen molar-refractivity contribution in [2.45, 2.75) is 26.4 Å². The van der Waals surface area contributed by atoms with Crippen LogP contribution in [0.2, 0.25) is 0 Å². The molecule has 1 heterocycles. The predicted octanol–water partition coefficient (Wildman–Crippen LogP) is 2.45. The van der Waals surface area contributed by atoms with E-state index in [1.807, 2.05) is 25.3 Å². The van der Waals surface area contributed by atoms with E-state index in [2.05, 4.69) is 15.9 Å². The number of amides is 1. The molecule has 0 bridgehead atoms. The highest BCUT2D eigenvalue weighted by atomic mass is 79.9. The molecule has 0 saturated heterocycles. The Kier molecular flexibility index (Phi) is 4.95. The number of nitrogens with two attached hydrogens (primary N) is 1. The minimum absolute atomic E-state index is 0.000442. The predicted molar refractivity (Wildman–Crippen MR) is 71.3 cm³/mol. The molecule has 5 heteroatoms. The van der Waals surface area contributed by atoms with Crippen LogP contribution in [0.4, 0.5) is 0 Å². The Bertz CT molecular complexity index is 365. The molecule has 0 fully saturated rings. The van der Waals surface area contributed by atoms with Crippen LogP contribution in [0.15, 0.2) is 15.9 Å². The lowest BCUT2D eigenvalue weighted by atomic mass is 10.0. The summed E-state index contributed by atoms with van der Waals surface area (Å²) in [5.74, 6) is 0.171. The lowest BCUT2D eigenvalue weighted by Gasteiger charge is -2.22. The van der Waals surface area contributed by atoms with Crippen LogP contribution in [0.5, 0.6) is 0 Å². The van der Waals surface area contributed by atoms with Crippen molar-refractivity contribution in [2.24, 2.45) is 11.7 Å². The zero-order valence-electron chi connectivity index (χ0n) is 9.74. The molecule has 1 aromatic rings. The molecule has 16 heavy (non-hydrogen) atoms. The summed E-state index contributed by atoms with van der Waals surface area (Å²) >= 11 is 5.03. The van der Waals surface area contributed by atoms with Gasteiger partial charge in [-0.05, 0) is 27.9 Å². The Morgan fingerprint density at radius 2 is 2.25 bits per heavy atom. The summed E-state index contributed by atoms with van der Waals surface area (Å²) in [5.41, 5.74) is 5.82. The Morgan fingerprint density at radius 1 is 1.62 bits per heavy atom. The van der Waals surface area contributed by atoms with Crippen LogP contribution in [0.25, 0.3) is 0 Å². The summed E-state index contributed by atoms with van der Waals surface area (Å²) < 4.78 is 1.06. The molecule has 0 aliphatic carbocycles. The van der Waals surface area contributed by atoms with Gasteiger partial charge in [0.2, 0.25) is 5.91 Å². The van der Waals surface area contributed by atoms with Crippen LogP contribution < -0.4 is 5.73 Å². The molecule has 3 nitrogen and oxygen atoms in total. The summed E-state index contributed by atoms with van der Waals surface area (Å²) in [6, 6.07) is 1.61. The summed E-state index contributed by atoms with van der Waals surface area (Å²) in [4.78, 5) is 14.7. The molecule has 1 amide bonds. The topological polar surface area (TPSA) is 46.3 Å². The van der Waals surface area contributed by atoms with Gasteiger partial charge in [-0.15, -0.1) is 11.3 Å². The number of halogens is 1. The third kappa shape index (κ3) is 3.57. The Balaban J connectivity index is 2.58. The van der Waals surface area contributed by atoms with Crippen molar-refractivity contribution in [2.75, 3.05) is 7.05 Å². The van der Waals surface area contributed by atoms with Gasteiger partial charge in [0.1, 0.15) is 0 Å². The highest BCUT2D eigenvalue weighted by molar-refractivity contribution is 9.10. The van der Waals surface area contributed by atoms with Gasteiger partial charge in [-0.1, -0.05) is 13.8 Å². The largest absolute Gasteiger partial charge is 0.339 e. The third-order valence-corrected chi connectivity index (χ3v) is 4.08. The van der Waals surface area contributed by atoms with Crippen LogP contribution in [0, 0.1) is 5.92 Å². The number of thiophene rings is 1. The second-order valence-electron chi connectivity index (χ2n) is 4.20. The van der Waals surface area contributed by atoms with E-state index in [4.69, 9.17) is 5.73 Å². The zero-order chi connectivity index (χ0) is 12.3. The molecule has 0 saturated carbocycles. The van der Waals surface area contributed by atoms with Crippen molar-refractivity contribution in [3.8, 4) is 0 Å². The monoisotopic (exact) mass is 304 g/mol. The molecule has 0 radical (unpaired) electrons. The minimum Gasteiger partial charge on any atom is -0.339 e. The number of nitrogens with zero attached hydrogens (tertiary/aromatic N) is 1. The first kappa shape index (κ1) is 13.7. The molecule has 90 valence electrons. The second-order valence-corrected chi connectivity index (χ2v) is 6.11. The first-order chi connectivity index (χ1) is 7.41. The van der Waals surface area contributed by atoms with Gasteiger partial charge in [0.25, 0.3) is 0 Å². The van der Waals surface area contributed by atoms with E-state index in [-0.39, 0.29) is 11.8 Å². The molecule has 0 aliphatic heterocycles. The summed E-state index contributed by atoms with van der Waals surface area (Å²) in [6.45, 7) is 4.53. The third-order valence-electron chi connectivity index (χ3n) is 2.39. The second kappa shape index (κ2) is 5.80. The van der Waals surface area contributed by atoms with E-state index >= 15 is 0 Å². The molecule has 0 aromatic carbocycles. The normalized spacial score (nSPS) is 12.9. The van der Waals surface area contributed by atoms with Gasteiger partial charge >= 0.3 is 0 Å². The van der Waals surface area contributed by atoms with E-state index < -0.39 is 6.04 Å². The first-order valence-electron chi connectivity index (χ1n) is 5.15. The fourth-order valence-electron chi connectivity index (χ4n) is 1.29. The van der Waals surface area contributed by atoms with E-state index in [0.717, 1.165) is 9.35 Å². The van der Waals surface area contributed by atoms with Gasteiger partial charge in [0, 0.05) is 21.8 Å². The highest BCUT2D eigenvalue weighted by Gasteiger charge is 2.21. The molecule has 2 N–H and O–H groups in total. The molecule has 1 atom stereocenters. The standard InChI is InChI=1S/C11H17BrN2OS/c1-7(2)10(13)11(15)14(3)5-9-4-8(12)6-16-9/h4,6-7,10H,5,13H2,1-3H3. The van der Waals surface area contributed by atoms with Crippen molar-refractivity contribution >= 4 is 33.2 Å². The van der Waals surface area contributed by atoms with E-state index in [1.54, 1.807) is 23.3 Å². The van der Waals surface area contributed by atoms with Crippen LogP contribution in [-0.2, 0) is 11.3 Å². The van der Waals surface area contributed by atoms with Crippen LogP contribution in [0.1, 0.15) is 18.7 Å². The van der Waals surface area contributed by atoms with Crippen molar-refractivity contribution in [1.82, 2.24) is 4.90 Å². The summed E-state index contributed by atoms with van der Waals surface area (Å²) in [6.07, 6.45) is 0. The molecule has 1 rings (SSSR count). The average Bonchev–Trinajstić information content (AvgIpc) is 2.61. The van der Waals surface area contributed by atoms with Crippen LogP contribution >= 0.6 is 27.3 Å². The molecule has 1 unspecified atom stereocenters. The fraction of sp³-hybridized carbons (Fsp3) is 0.545. The first-order valence-corrected chi connectivity index (χ1v) is 6.82. The molecular formula is C11H17BrN2OS. The number of carbonyl (C=O) groups is 1. The summed E-state index contributed by atoms with van der Waals surface area (Å²) in [5, 5.41) is 2.01. The van der Waals surface area contributed by atoms with Crippen LogP contribution in [-0.4, -0.2) is 23.9 Å². The quantitative estimate of drug-likeness (QED) is 0.929. The van der Waals surface area contributed by atoms with Crippen molar-refractivity contribution in [1.29, 1.82) is 0 Å². The van der Waals surface area contributed by atoms with Crippen molar-refractivity contribution in [3.63, 3.8) is 0 Å². The van der Waals surface area contributed by atoms with Gasteiger partial charge < -0.3 is 10.6 Å². The molecular weight excluding hydrogens is 288 g/mol. The Morgan fingerprint density at radius 3 is 2.69 bits per heavy atom. The smallest absolute Gasteiger partial charge is 0.239 e. The highest BCUT2D eigenvalue weighted by Crippen LogP contribution is 2.21. The molecule has 0 spiro atoms.